The van der Waals surface area contributed by atoms with E-state index in [0.29, 0.717) is 0 Å². The van der Waals surface area contributed by atoms with Crippen molar-refractivity contribution in [3.63, 3.8) is 0 Å². The molecule has 2 saturated carbocycles. The van der Waals surface area contributed by atoms with Gasteiger partial charge in [0.1, 0.15) is 0 Å². The summed E-state index contributed by atoms with van der Waals surface area (Å²) in [5.74, 6) is 1.75. The normalized spacial score (nSPS) is 18.7. The van der Waals surface area contributed by atoms with E-state index in [1.54, 1.807) is 11.1 Å². The Morgan fingerprint density at radius 2 is 1.46 bits per heavy atom. The molecular weight excluding hydrogens is 375 g/mol. The maximum Gasteiger partial charge on any atom is 2.00 e. The standard InChI is InChI=1S/C19H30P.C5H5.Fe/c1-2-14-13-17(20)19(16-11-7-4-8-12-16)18(14)15-9-5-3-6-10-15;1-2-4-5-3-1;/h13,15-16H,2-12,20H2,1H3;1-5H;/q2*-1;+2. The van der Waals surface area contributed by atoms with Crippen molar-refractivity contribution in [2.45, 2.75) is 89.4 Å². The summed E-state index contributed by atoms with van der Waals surface area (Å²) in [5, 5.41) is 1.54. The van der Waals surface area contributed by atoms with E-state index in [0.717, 1.165) is 11.8 Å². The average Bonchev–Trinajstić information content (AvgIpc) is 3.34. The Hall–Kier alpha value is -0.351. The molecule has 2 aromatic carbocycles. The first kappa shape index (κ1) is 21.9. The van der Waals surface area contributed by atoms with Crippen LogP contribution in [0, 0.1) is 0 Å². The van der Waals surface area contributed by atoms with Gasteiger partial charge in [0.15, 0.2) is 0 Å². The van der Waals surface area contributed by atoms with Gasteiger partial charge in [-0.15, -0.1) is 5.30 Å². The smallest absolute Gasteiger partial charge is 0.214 e. The Kier molecular flexibility index (Phi) is 9.69. The molecule has 144 valence electrons. The predicted octanol–water partition coefficient (Wildman–Crippen LogP) is 6.97. The van der Waals surface area contributed by atoms with Crippen LogP contribution in [0.1, 0.15) is 99.7 Å². The number of rotatable bonds is 3. The molecule has 0 saturated heterocycles. The van der Waals surface area contributed by atoms with E-state index in [1.165, 1.54) is 75.9 Å². The van der Waals surface area contributed by atoms with Gasteiger partial charge < -0.3 is 0 Å². The van der Waals surface area contributed by atoms with Crippen molar-refractivity contribution >= 4 is 14.5 Å². The molecule has 0 amide bonds. The van der Waals surface area contributed by atoms with Gasteiger partial charge in [0.25, 0.3) is 0 Å². The zero-order chi connectivity index (χ0) is 17.5. The van der Waals surface area contributed by atoms with Gasteiger partial charge in [-0.2, -0.15) is 50.2 Å². The number of hydrogen-bond donors (Lipinski definition) is 0. The Morgan fingerprint density at radius 3 is 1.92 bits per heavy atom. The molecule has 2 heteroatoms. The van der Waals surface area contributed by atoms with E-state index in [9.17, 15) is 0 Å². The summed E-state index contributed by atoms with van der Waals surface area (Å²) in [6.45, 7) is 2.34. The van der Waals surface area contributed by atoms with Gasteiger partial charge in [0, 0.05) is 0 Å². The summed E-state index contributed by atoms with van der Waals surface area (Å²) in [6, 6.07) is 12.5. The van der Waals surface area contributed by atoms with E-state index in [-0.39, 0.29) is 17.1 Å². The van der Waals surface area contributed by atoms with Crippen LogP contribution >= 0.6 is 9.24 Å². The molecular formula is C24H35FeP. The molecule has 2 aliphatic carbocycles. The Labute approximate surface area is 173 Å². The van der Waals surface area contributed by atoms with E-state index in [1.807, 2.05) is 35.9 Å². The third kappa shape index (κ3) is 5.57. The van der Waals surface area contributed by atoms with E-state index < -0.39 is 0 Å². The van der Waals surface area contributed by atoms with Crippen molar-refractivity contribution in [2.75, 3.05) is 0 Å². The predicted molar refractivity (Wildman–Crippen MR) is 114 cm³/mol. The number of aryl methyl sites for hydroxylation is 1. The third-order valence-corrected chi connectivity index (χ3v) is 6.72. The summed E-state index contributed by atoms with van der Waals surface area (Å²) in [6.07, 6.45) is 15.7. The van der Waals surface area contributed by atoms with Gasteiger partial charge >= 0.3 is 17.1 Å². The summed E-state index contributed by atoms with van der Waals surface area (Å²) in [7, 11) is 3.06. The molecule has 0 aliphatic heterocycles. The second-order valence-electron chi connectivity index (χ2n) is 7.94. The van der Waals surface area contributed by atoms with Crippen LogP contribution in [0.3, 0.4) is 0 Å². The van der Waals surface area contributed by atoms with Gasteiger partial charge in [-0.3, -0.25) is 0 Å². The quantitative estimate of drug-likeness (QED) is 0.291. The fourth-order valence-electron chi connectivity index (χ4n) is 5.01. The fourth-order valence-corrected chi connectivity index (χ4v) is 5.60. The number of hydrogen-bond acceptors (Lipinski definition) is 0. The van der Waals surface area contributed by atoms with Crippen LogP contribution in [0.5, 0.6) is 0 Å². The van der Waals surface area contributed by atoms with Crippen LogP contribution in [0.4, 0.5) is 0 Å². The molecule has 0 N–H and O–H groups in total. The first-order chi connectivity index (χ1) is 12.3. The van der Waals surface area contributed by atoms with Crippen LogP contribution < -0.4 is 5.30 Å². The van der Waals surface area contributed by atoms with Crippen molar-refractivity contribution in [3.05, 3.63) is 53.1 Å². The van der Waals surface area contributed by atoms with Gasteiger partial charge in [-0.05, 0) is 18.8 Å². The molecule has 26 heavy (non-hydrogen) atoms. The van der Waals surface area contributed by atoms with Crippen LogP contribution in [0.2, 0.25) is 0 Å². The summed E-state index contributed by atoms with van der Waals surface area (Å²) in [4.78, 5) is 0. The van der Waals surface area contributed by atoms with Gasteiger partial charge in [0.2, 0.25) is 0 Å². The monoisotopic (exact) mass is 410 g/mol. The second-order valence-corrected chi connectivity index (χ2v) is 8.56. The molecule has 1 unspecified atom stereocenters. The molecule has 0 aromatic heterocycles. The SMILES string of the molecule is CCc1c[c-](P)c(C2CCCCC2)c1C1CCCCC1.[Fe+2].c1cc[cH-]c1. The third-order valence-electron chi connectivity index (χ3n) is 6.24. The molecule has 4 rings (SSSR count). The minimum atomic E-state index is 0. The largest absolute Gasteiger partial charge is 2.00 e. The average molecular weight is 410 g/mol. The Balaban J connectivity index is 0.000000351. The van der Waals surface area contributed by atoms with E-state index in [4.69, 9.17) is 0 Å². The molecule has 2 fully saturated rings. The van der Waals surface area contributed by atoms with Crippen LogP contribution in [-0.4, -0.2) is 0 Å². The molecule has 2 aliphatic rings. The summed E-state index contributed by atoms with van der Waals surface area (Å²) in [5.41, 5.74) is 5.25. The van der Waals surface area contributed by atoms with Gasteiger partial charge in [-0.1, -0.05) is 70.6 Å². The molecule has 0 nitrogen and oxygen atoms in total. The maximum atomic E-state index is 3.06. The first-order valence-electron chi connectivity index (χ1n) is 10.6. The van der Waals surface area contributed by atoms with Crippen molar-refractivity contribution in [3.8, 4) is 0 Å². The van der Waals surface area contributed by atoms with Crippen molar-refractivity contribution in [1.29, 1.82) is 0 Å². The Morgan fingerprint density at radius 1 is 0.923 bits per heavy atom. The topological polar surface area (TPSA) is 0 Å². The molecule has 0 radical (unpaired) electrons. The molecule has 0 bridgehead atoms. The maximum absolute atomic E-state index is 3.06. The van der Waals surface area contributed by atoms with Crippen molar-refractivity contribution in [1.82, 2.24) is 0 Å². The van der Waals surface area contributed by atoms with Gasteiger partial charge in [-0.25, -0.2) is 12.1 Å². The molecule has 0 heterocycles. The minimum absolute atomic E-state index is 0. The zero-order valence-electron chi connectivity index (χ0n) is 16.3. The van der Waals surface area contributed by atoms with E-state index >= 15 is 0 Å². The zero-order valence-corrected chi connectivity index (χ0v) is 18.6. The summed E-state index contributed by atoms with van der Waals surface area (Å²) < 4.78 is 0. The second kappa shape index (κ2) is 11.5. The van der Waals surface area contributed by atoms with Crippen LogP contribution in [-0.2, 0) is 23.5 Å². The Bertz CT molecular complexity index is 581. The van der Waals surface area contributed by atoms with Gasteiger partial charge in [0.05, 0.1) is 0 Å². The van der Waals surface area contributed by atoms with Crippen molar-refractivity contribution in [2.24, 2.45) is 0 Å². The molecule has 2 aromatic rings. The minimum Gasteiger partial charge on any atom is -0.214 e. The van der Waals surface area contributed by atoms with Crippen LogP contribution in [0.15, 0.2) is 36.4 Å². The van der Waals surface area contributed by atoms with E-state index in [2.05, 4.69) is 22.2 Å². The van der Waals surface area contributed by atoms with Crippen LogP contribution in [0.25, 0.3) is 0 Å². The van der Waals surface area contributed by atoms with Crippen molar-refractivity contribution < 1.29 is 17.1 Å². The fraction of sp³-hybridized carbons (Fsp3) is 0.583. The summed E-state index contributed by atoms with van der Waals surface area (Å²) >= 11 is 0. The first-order valence-corrected chi connectivity index (χ1v) is 11.1. The molecule has 0 spiro atoms. The molecule has 1 atom stereocenters.